The first-order valence-corrected chi connectivity index (χ1v) is 10.0. The van der Waals surface area contributed by atoms with Crippen LogP contribution >= 0.6 is 11.6 Å². The van der Waals surface area contributed by atoms with E-state index in [9.17, 15) is 4.79 Å². The molecule has 4 rings (SSSR count). The zero-order valence-electron chi connectivity index (χ0n) is 16.0. The van der Waals surface area contributed by atoms with Gasteiger partial charge in [-0.1, -0.05) is 23.7 Å². The molecule has 0 saturated carbocycles. The molecule has 0 aliphatic carbocycles. The number of anilines is 1. The van der Waals surface area contributed by atoms with Crippen LogP contribution in [0.15, 0.2) is 48.5 Å². The van der Waals surface area contributed by atoms with E-state index in [0.29, 0.717) is 16.7 Å². The number of para-hydroxylation sites is 2. The number of rotatable bonds is 7. The van der Waals surface area contributed by atoms with E-state index in [1.54, 1.807) is 24.3 Å². The first kappa shape index (κ1) is 19.7. The number of carbonyl (C=O) groups excluding carboxylic acids is 1. The fourth-order valence-electron chi connectivity index (χ4n) is 3.30. The summed E-state index contributed by atoms with van der Waals surface area (Å²) in [6.45, 7) is 4.86. The second-order valence-electron chi connectivity index (χ2n) is 6.82. The SMILES string of the molecule is O=C(COc1ccc(Cl)cc1)Nc1nc2ccccc2n1CCN1CCOCC1. The van der Waals surface area contributed by atoms with Gasteiger partial charge in [-0.15, -0.1) is 0 Å². The number of nitrogens with zero attached hydrogens (tertiary/aromatic N) is 3. The molecule has 0 unspecified atom stereocenters. The summed E-state index contributed by atoms with van der Waals surface area (Å²) in [5.41, 5.74) is 1.85. The number of carbonyl (C=O) groups is 1. The second-order valence-corrected chi connectivity index (χ2v) is 7.26. The van der Waals surface area contributed by atoms with Crippen LogP contribution in [0, 0.1) is 0 Å². The van der Waals surface area contributed by atoms with E-state index in [-0.39, 0.29) is 12.5 Å². The number of morpholine rings is 1. The van der Waals surface area contributed by atoms with E-state index in [0.717, 1.165) is 50.4 Å². The number of amides is 1. The second kappa shape index (κ2) is 9.26. The van der Waals surface area contributed by atoms with Crippen LogP contribution in [0.4, 0.5) is 5.95 Å². The van der Waals surface area contributed by atoms with Crippen LogP contribution in [-0.4, -0.2) is 59.8 Å². The number of ether oxygens (including phenoxy) is 2. The molecule has 0 radical (unpaired) electrons. The average Bonchev–Trinajstić information content (AvgIpc) is 3.09. The maximum Gasteiger partial charge on any atom is 0.264 e. The van der Waals surface area contributed by atoms with Crippen LogP contribution in [0.5, 0.6) is 5.75 Å². The molecular formula is C21H23ClN4O3. The fraction of sp³-hybridized carbons (Fsp3) is 0.333. The third kappa shape index (κ3) is 5.06. The van der Waals surface area contributed by atoms with Gasteiger partial charge in [0.1, 0.15) is 5.75 Å². The Morgan fingerprint density at radius 3 is 2.66 bits per heavy atom. The van der Waals surface area contributed by atoms with Crippen molar-refractivity contribution in [3.8, 4) is 5.75 Å². The molecule has 152 valence electrons. The summed E-state index contributed by atoms with van der Waals surface area (Å²) < 4.78 is 13.0. The summed E-state index contributed by atoms with van der Waals surface area (Å²) in [5, 5.41) is 3.51. The fourth-order valence-corrected chi connectivity index (χ4v) is 3.43. The van der Waals surface area contributed by atoms with Crippen LogP contribution in [0.25, 0.3) is 11.0 Å². The number of hydrogen-bond donors (Lipinski definition) is 1. The van der Waals surface area contributed by atoms with Gasteiger partial charge in [0, 0.05) is 31.2 Å². The van der Waals surface area contributed by atoms with Crippen molar-refractivity contribution in [1.29, 1.82) is 0 Å². The Morgan fingerprint density at radius 2 is 1.86 bits per heavy atom. The minimum atomic E-state index is -0.261. The molecule has 0 spiro atoms. The van der Waals surface area contributed by atoms with Crippen molar-refractivity contribution in [3.05, 3.63) is 53.6 Å². The first-order chi connectivity index (χ1) is 14.2. The minimum Gasteiger partial charge on any atom is -0.484 e. The number of halogens is 1. The molecule has 7 nitrogen and oxygen atoms in total. The molecule has 1 aliphatic rings. The van der Waals surface area contributed by atoms with Gasteiger partial charge in [0.15, 0.2) is 6.61 Å². The van der Waals surface area contributed by atoms with Crippen molar-refractivity contribution in [1.82, 2.24) is 14.5 Å². The Hall–Kier alpha value is -2.61. The lowest BCUT2D eigenvalue weighted by Gasteiger charge is -2.26. The Labute approximate surface area is 174 Å². The van der Waals surface area contributed by atoms with Crippen molar-refractivity contribution >= 4 is 34.5 Å². The number of benzene rings is 2. The Morgan fingerprint density at radius 1 is 1.10 bits per heavy atom. The van der Waals surface area contributed by atoms with E-state index in [2.05, 4.69) is 15.2 Å². The molecule has 1 amide bonds. The van der Waals surface area contributed by atoms with Gasteiger partial charge in [-0.2, -0.15) is 0 Å². The van der Waals surface area contributed by atoms with Crippen molar-refractivity contribution in [2.45, 2.75) is 6.54 Å². The highest BCUT2D eigenvalue weighted by atomic mass is 35.5. The molecule has 1 fully saturated rings. The van der Waals surface area contributed by atoms with E-state index in [1.807, 2.05) is 28.8 Å². The molecule has 1 aliphatic heterocycles. The van der Waals surface area contributed by atoms with Crippen LogP contribution in [0.3, 0.4) is 0 Å². The lowest BCUT2D eigenvalue weighted by molar-refractivity contribution is -0.118. The number of imidazole rings is 1. The zero-order chi connectivity index (χ0) is 20.1. The highest BCUT2D eigenvalue weighted by molar-refractivity contribution is 6.30. The van der Waals surface area contributed by atoms with Gasteiger partial charge >= 0.3 is 0 Å². The molecule has 3 aromatic rings. The van der Waals surface area contributed by atoms with Gasteiger partial charge in [0.2, 0.25) is 5.95 Å². The maximum atomic E-state index is 12.4. The van der Waals surface area contributed by atoms with Crippen molar-refractivity contribution in [2.75, 3.05) is 44.8 Å². The lowest BCUT2D eigenvalue weighted by atomic mass is 10.3. The molecule has 29 heavy (non-hydrogen) atoms. The van der Waals surface area contributed by atoms with Crippen molar-refractivity contribution < 1.29 is 14.3 Å². The van der Waals surface area contributed by atoms with Gasteiger partial charge in [-0.25, -0.2) is 4.98 Å². The molecular weight excluding hydrogens is 392 g/mol. The maximum absolute atomic E-state index is 12.4. The third-order valence-electron chi connectivity index (χ3n) is 4.83. The minimum absolute atomic E-state index is 0.103. The highest BCUT2D eigenvalue weighted by Gasteiger charge is 2.16. The van der Waals surface area contributed by atoms with Gasteiger partial charge in [-0.05, 0) is 36.4 Å². The summed E-state index contributed by atoms with van der Waals surface area (Å²) in [4.78, 5) is 19.4. The predicted molar refractivity (Wildman–Crippen MR) is 113 cm³/mol. The summed E-state index contributed by atoms with van der Waals surface area (Å²) in [6, 6.07) is 14.8. The molecule has 2 heterocycles. The molecule has 0 atom stereocenters. The zero-order valence-corrected chi connectivity index (χ0v) is 16.8. The standard InChI is InChI=1S/C21H23ClN4O3/c22-16-5-7-17(8-6-16)29-15-20(27)24-21-23-18-3-1-2-4-19(18)26(21)10-9-25-11-13-28-14-12-25/h1-8H,9-15H2,(H,23,24,27). The molecule has 1 N–H and O–H groups in total. The van der Waals surface area contributed by atoms with Crippen LogP contribution in [0.1, 0.15) is 0 Å². The van der Waals surface area contributed by atoms with Crippen molar-refractivity contribution in [2.24, 2.45) is 0 Å². The normalized spacial score (nSPS) is 14.8. The number of hydrogen-bond acceptors (Lipinski definition) is 5. The van der Waals surface area contributed by atoms with E-state index < -0.39 is 0 Å². The number of fused-ring (bicyclic) bond motifs is 1. The topological polar surface area (TPSA) is 68.6 Å². The number of aromatic nitrogens is 2. The largest absolute Gasteiger partial charge is 0.484 e. The summed E-state index contributed by atoms with van der Waals surface area (Å²) in [6.07, 6.45) is 0. The average molecular weight is 415 g/mol. The Kier molecular flexibility index (Phi) is 6.29. The first-order valence-electron chi connectivity index (χ1n) is 9.62. The molecule has 8 heteroatoms. The Bertz CT molecular complexity index is 968. The summed E-state index contributed by atoms with van der Waals surface area (Å²) >= 11 is 5.87. The summed E-state index contributed by atoms with van der Waals surface area (Å²) in [5.74, 6) is 0.859. The van der Waals surface area contributed by atoms with Crippen LogP contribution in [0.2, 0.25) is 5.02 Å². The summed E-state index contributed by atoms with van der Waals surface area (Å²) in [7, 11) is 0. The van der Waals surface area contributed by atoms with E-state index in [4.69, 9.17) is 21.1 Å². The monoisotopic (exact) mass is 414 g/mol. The van der Waals surface area contributed by atoms with E-state index >= 15 is 0 Å². The van der Waals surface area contributed by atoms with Crippen LogP contribution in [-0.2, 0) is 16.1 Å². The molecule has 2 aromatic carbocycles. The molecule has 1 saturated heterocycles. The van der Waals surface area contributed by atoms with Gasteiger partial charge < -0.3 is 14.0 Å². The van der Waals surface area contributed by atoms with Gasteiger partial charge in [0.05, 0.1) is 24.2 Å². The molecule has 1 aromatic heterocycles. The third-order valence-corrected chi connectivity index (χ3v) is 5.08. The van der Waals surface area contributed by atoms with Crippen LogP contribution < -0.4 is 10.1 Å². The quantitative estimate of drug-likeness (QED) is 0.643. The van der Waals surface area contributed by atoms with Gasteiger partial charge in [0.25, 0.3) is 5.91 Å². The van der Waals surface area contributed by atoms with Gasteiger partial charge in [-0.3, -0.25) is 15.0 Å². The number of nitrogens with one attached hydrogen (secondary N) is 1. The highest BCUT2D eigenvalue weighted by Crippen LogP contribution is 2.20. The van der Waals surface area contributed by atoms with E-state index in [1.165, 1.54) is 0 Å². The van der Waals surface area contributed by atoms with Crippen molar-refractivity contribution in [3.63, 3.8) is 0 Å². The Balaban J connectivity index is 1.43. The lowest BCUT2D eigenvalue weighted by Crippen LogP contribution is -2.38. The molecule has 0 bridgehead atoms. The smallest absolute Gasteiger partial charge is 0.264 e. The predicted octanol–water partition coefficient (Wildman–Crippen LogP) is 3.04.